The standard InChI is InChI=1S/C12H10FN3O4/c1-14-9(17)8-10(18)15-12(20)16(11(8)19)7-5-3-2-4-6(7)13/h2-5,19H,1H3,(H,14,17)(H,15,18,20). The van der Waals surface area contributed by atoms with Crippen molar-refractivity contribution in [2.24, 2.45) is 0 Å². The number of H-pyrrole nitrogens is 1. The summed E-state index contributed by atoms with van der Waals surface area (Å²) >= 11 is 0. The average Bonchev–Trinajstić information content (AvgIpc) is 2.40. The summed E-state index contributed by atoms with van der Waals surface area (Å²) in [6.07, 6.45) is 0. The quantitative estimate of drug-likeness (QED) is 0.703. The Bertz CT molecular complexity index is 794. The first-order valence-corrected chi connectivity index (χ1v) is 5.52. The molecule has 0 aliphatic rings. The van der Waals surface area contributed by atoms with Crippen LogP contribution in [0.15, 0.2) is 33.9 Å². The summed E-state index contributed by atoms with van der Waals surface area (Å²) in [5.41, 5.74) is -3.06. The summed E-state index contributed by atoms with van der Waals surface area (Å²) in [5.74, 6) is -2.61. The molecule has 1 amide bonds. The second kappa shape index (κ2) is 5.00. The number of hydrogen-bond donors (Lipinski definition) is 3. The van der Waals surface area contributed by atoms with Crippen LogP contribution in [0.3, 0.4) is 0 Å². The Labute approximate surface area is 111 Å². The third-order valence-corrected chi connectivity index (χ3v) is 2.63. The fraction of sp³-hybridized carbons (Fsp3) is 0.0833. The molecule has 104 valence electrons. The van der Waals surface area contributed by atoms with Gasteiger partial charge in [-0.3, -0.25) is 14.6 Å². The number of carbonyl (C=O) groups is 1. The van der Waals surface area contributed by atoms with Crippen LogP contribution >= 0.6 is 0 Å². The highest BCUT2D eigenvalue weighted by atomic mass is 19.1. The molecule has 0 fully saturated rings. The molecule has 0 atom stereocenters. The van der Waals surface area contributed by atoms with E-state index in [0.717, 1.165) is 6.07 Å². The molecule has 1 aromatic carbocycles. The number of amides is 1. The number of hydrogen-bond acceptors (Lipinski definition) is 4. The summed E-state index contributed by atoms with van der Waals surface area (Å²) < 4.78 is 14.2. The van der Waals surface area contributed by atoms with E-state index in [1.165, 1.54) is 25.2 Å². The van der Waals surface area contributed by atoms with Crippen molar-refractivity contribution in [2.45, 2.75) is 0 Å². The molecule has 1 aromatic heterocycles. The van der Waals surface area contributed by atoms with Crippen LogP contribution in [-0.2, 0) is 0 Å². The zero-order valence-corrected chi connectivity index (χ0v) is 10.3. The van der Waals surface area contributed by atoms with E-state index < -0.39 is 34.4 Å². The molecule has 0 aliphatic carbocycles. The number of para-hydroxylation sites is 1. The highest BCUT2D eigenvalue weighted by Crippen LogP contribution is 2.18. The van der Waals surface area contributed by atoms with Gasteiger partial charge in [0.15, 0.2) is 5.56 Å². The lowest BCUT2D eigenvalue weighted by molar-refractivity contribution is 0.0957. The van der Waals surface area contributed by atoms with Gasteiger partial charge in [0.1, 0.15) is 5.82 Å². The van der Waals surface area contributed by atoms with Gasteiger partial charge in [-0.15, -0.1) is 0 Å². The Morgan fingerprint density at radius 1 is 1.35 bits per heavy atom. The highest BCUT2D eigenvalue weighted by Gasteiger charge is 2.21. The fourth-order valence-corrected chi connectivity index (χ4v) is 1.71. The molecule has 0 unspecified atom stereocenters. The number of nitrogens with zero attached hydrogens (tertiary/aromatic N) is 1. The number of aromatic amines is 1. The van der Waals surface area contributed by atoms with Crippen molar-refractivity contribution in [3.05, 3.63) is 56.5 Å². The van der Waals surface area contributed by atoms with Crippen molar-refractivity contribution < 1.29 is 14.3 Å². The third-order valence-electron chi connectivity index (χ3n) is 2.63. The minimum atomic E-state index is -1.06. The van der Waals surface area contributed by atoms with Crippen molar-refractivity contribution in [1.82, 2.24) is 14.9 Å². The minimum absolute atomic E-state index is 0.281. The molecule has 8 heteroatoms. The molecule has 0 spiro atoms. The zero-order chi connectivity index (χ0) is 14.9. The number of nitrogens with one attached hydrogen (secondary N) is 2. The average molecular weight is 279 g/mol. The normalized spacial score (nSPS) is 10.3. The van der Waals surface area contributed by atoms with E-state index in [0.29, 0.717) is 4.57 Å². The molecular weight excluding hydrogens is 269 g/mol. The molecule has 0 saturated heterocycles. The van der Waals surface area contributed by atoms with E-state index in [-0.39, 0.29) is 5.69 Å². The Balaban J connectivity index is 2.85. The van der Waals surface area contributed by atoms with E-state index in [2.05, 4.69) is 5.32 Å². The van der Waals surface area contributed by atoms with Gasteiger partial charge in [-0.1, -0.05) is 12.1 Å². The molecule has 3 N–H and O–H groups in total. The molecule has 0 radical (unpaired) electrons. The molecule has 7 nitrogen and oxygen atoms in total. The number of aromatic hydroxyl groups is 1. The fourth-order valence-electron chi connectivity index (χ4n) is 1.71. The topological polar surface area (TPSA) is 104 Å². The minimum Gasteiger partial charge on any atom is -0.493 e. The van der Waals surface area contributed by atoms with Crippen molar-refractivity contribution in [3.8, 4) is 11.6 Å². The Hall–Kier alpha value is -2.90. The van der Waals surface area contributed by atoms with Crippen LogP contribution in [-0.4, -0.2) is 27.6 Å². The van der Waals surface area contributed by atoms with Crippen LogP contribution in [0.4, 0.5) is 4.39 Å². The van der Waals surface area contributed by atoms with Gasteiger partial charge in [0.2, 0.25) is 5.88 Å². The van der Waals surface area contributed by atoms with Crippen LogP contribution in [0.25, 0.3) is 5.69 Å². The van der Waals surface area contributed by atoms with Gasteiger partial charge in [-0.25, -0.2) is 13.8 Å². The Morgan fingerprint density at radius 3 is 2.60 bits per heavy atom. The molecular formula is C12H10FN3O4. The highest BCUT2D eigenvalue weighted by molar-refractivity contribution is 5.95. The van der Waals surface area contributed by atoms with Crippen LogP contribution < -0.4 is 16.6 Å². The third kappa shape index (κ3) is 2.07. The van der Waals surface area contributed by atoms with Crippen LogP contribution in [0, 0.1) is 5.82 Å². The van der Waals surface area contributed by atoms with Gasteiger partial charge in [0.25, 0.3) is 11.5 Å². The number of rotatable bonds is 2. The van der Waals surface area contributed by atoms with E-state index >= 15 is 0 Å². The van der Waals surface area contributed by atoms with Crippen LogP contribution in [0.1, 0.15) is 10.4 Å². The number of benzene rings is 1. The summed E-state index contributed by atoms with van der Waals surface area (Å²) in [5, 5.41) is 12.1. The first kappa shape index (κ1) is 13.5. The molecule has 2 aromatic rings. The SMILES string of the molecule is CNC(=O)c1c(O)n(-c2ccccc2F)c(=O)[nH]c1=O. The number of halogens is 1. The maximum atomic E-state index is 13.7. The molecule has 1 heterocycles. The summed E-state index contributed by atoms with van der Waals surface area (Å²) in [7, 11) is 1.25. The second-order valence-electron chi connectivity index (χ2n) is 3.82. The zero-order valence-electron chi connectivity index (χ0n) is 10.3. The number of carbonyl (C=O) groups excluding carboxylic acids is 1. The first-order valence-electron chi connectivity index (χ1n) is 5.52. The summed E-state index contributed by atoms with van der Waals surface area (Å²) in [6.45, 7) is 0. The lowest BCUT2D eigenvalue weighted by atomic mass is 10.2. The van der Waals surface area contributed by atoms with Gasteiger partial charge in [0, 0.05) is 7.05 Å². The lowest BCUT2D eigenvalue weighted by Crippen LogP contribution is -2.36. The van der Waals surface area contributed by atoms with E-state index in [4.69, 9.17) is 0 Å². The first-order chi connectivity index (χ1) is 9.47. The summed E-state index contributed by atoms with van der Waals surface area (Å²) in [6, 6.07) is 5.13. The smallest absolute Gasteiger partial charge is 0.335 e. The van der Waals surface area contributed by atoms with Gasteiger partial charge < -0.3 is 10.4 Å². The second-order valence-corrected chi connectivity index (χ2v) is 3.82. The maximum absolute atomic E-state index is 13.7. The molecule has 0 bridgehead atoms. The van der Waals surface area contributed by atoms with E-state index in [1.54, 1.807) is 0 Å². The predicted molar refractivity (Wildman–Crippen MR) is 67.7 cm³/mol. The summed E-state index contributed by atoms with van der Waals surface area (Å²) in [4.78, 5) is 36.7. The number of aromatic nitrogens is 2. The van der Waals surface area contributed by atoms with Crippen molar-refractivity contribution in [3.63, 3.8) is 0 Å². The van der Waals surface area contributed by atoms with Crippen molar-refractivity contribution >= 4 is 5.91 Å². The van der Waals surface area contributed by atoms with Gasteiger partial charge >= 0.3 is 5.69 Å². The molecule has 0 aliphatic heterocycles. The van der Waals surface area contributed by atoms with E-state index in [9.17, 15) is 23.9 Å². The lowest BCUT2D eigenvalue weighted by Gasteiger charge is -2.11. The molecule has 20 heavy (non-hydrogen) atoms. The molecule has 2 rings (SSSR count). The van der Waals surface area contributed by atoms with E-state index in [1.807, 2.05) is 4.98 Å². The van der Waals surface area contributed by atoms with Crippen molar-refractivity contribution in [2.75, 3.05) is 7.05 Å². The van der Waals surface area contributed by atoms with Crippen LogP contribution in [0.2, 0.25) is 0 Å². The largest absolute Gasteiger partial charge is 0.493 e. The monoisotopic (exact) mass is 279 g/mol. The Morgan fingerprint density at radius 2 is 2.00 bits per heavy atom. The van der Waals surface area contributed by atoms with Gasteiger partial charge in [-0.2, -0.15) is 0 Å². The van der Waals surface area contributed by atoms with Crippen LogP contribution in [0.5, 0.6) is 5.88 Å². The van der Waals surface area contributed by atoms with Crippen molar-refractivity contribution in [1.29, 1.82) is 0 Å². The predicted octanol–water partition coefficient (Wildman–Crippen LogP) is -0.270. The Kier molecular flexibility index (Phi) is 3.38. The van der Waals surface area contributed by atoms with Gasteiger partial charge in [0.05, 0.1) is 5.69 Å². The van der Waals surface area contributed by atoms with Gasteiger partial charge in [-0.05, 0) is 12.1 Å². The maximum Gasteiger partial charge on any atom is 0.335 e. The molecule has 0 saturated carbocycles.